The Balaban J connectivity index is 1.50. The van der Waals surface area contributed by atoms with Crippen LogP contribution >= 0.6 is 0 Å². The van der Waals surface area contributed by atoms with E-state index in [-0.39, 0.29) is 24.5 Å². The quantitative estimate of drug-likeness (QED) is 0.602. The number of nitrogens with zero attached hydrogens (tertiary/aromatic N) is 2. The summed E-state index contributed by atoms with van der Waals surface area (Å²) >= 11 is 0. The lowest BCUT2D eigenvalue weighted by Crippen LogP contribution is -2.51. The Kier molecular flexibility index (Phi) is 3.62. The van der Waals surface area contributed by atoms with Gasteiger partial charge >= 0.3 is 5.97 Å². The molecule has 0 aliphatic carbocycles. The maximum absolute atomic E-state index is 13.1. The number of amides is 2. The van der Waals surface area contributed by atoms with Gasteiger partial charge in [0.25, 0.3) is 0 Å². The second-order valence-electron chi connectivity index (χ2n) is 7.18. The molecule has 6 heteroatoms. The highest BCUT2D eigenvalue weighted by atomic mass is 16.5. The van der Waals surface area contributed by atoms with Crippen molar-refractivity contribution >= 4 is 23.5 Å². The Morgan fingerprint density at radius 1 is 0.852 bits per heavy atom. The standard InChI is InChI=1S/C21H18N2O4/c24-19-15-11-22-16(13-7-3-1-4-8-13)12-27-21(26)18(22)17(15)20(25)23(19)14-9-5-2-6-10-14/h1-10,15-18H,11-12H2/t15-,16-,17-,18+/m0/s1. The van der Waals surface area contributed by atoms with Gasteiger partial charge in [-0.1, -0.05) is 48.5 Å². The fourth-order valence-corrected chi connectivity index (χ4v) is 4.58. The molecular weight excluding hydrogens is 344 g/mol. The average Bonchev–Trinajstić information content (AvgIpc) is 3.21. The minimum Gasteiger partial charge on any atom is -0.462 e. The third kappa shape index (κ3) is 2.33. The van der Waals surface area contributed by atoms with Gasteiger partial charge in [0.2, 0.25) is 11.8 Å². The Labute approximate surface area is 156 Å². The Morgan fingerprint density at radius 2 is 1.52 bits per heavy atom. The van der Waals surface area contributed by atoms with Gasteiger partial charge in [0.15, 0.2) is 0 Å². The van der Waals surface area contributed by atoms with Crippen LogP contribution < -0.4 is 4.90 Å². The third-order valence-electron chi connectivity index (χ3n) is 5.81. The summed E-state index contributed by atoms with van der Waals surface area (Å²) in [6, 6.07) is 17.8. The first-order valence-corrected chi connectivity index (χ1v) is 9.07. The first-order valence-electron chi connectivity index (χ1n) is 9.07. The van der Waals surface area contributed by atoms with Crippen molar-refractivity contribution in [1.29, 1.82) is 0 Å². The summed E-state index contributed by atoms with van der Waals surface area (Å²) in [5, 5.41) is 0. The smallest absolute Gasteiger partial charge is 0.324 e. The molecule has 0 radical (unpaired) electrons. The average molecular weight is 362 g/mol. The number of carbonyl (C=O) groups is 3. The van der Waals surface area contributed by atoms with Gasteiger partial charge in [-0.15, -0.1) is 0 Å². The molecular formula is C21H18N2O4. The minimum absolute atomic E-state index is 0.134. The zero-order chi connectivity index (χ0) is 18.5. The second kappa shape index (κ2) is 6.03. The van der Waals surface area contributed by atoms with Gasteiger partial charge in [0.05, 0.1) is 23.6 Å². The van der Waals surface area contributed by atoms with Crippen molar-refractivity contribution in [1.82, 2.24) is 4.90 Å². The summed E-state index contributed by atoms with van der Waals surface area (Å²) in [6.07, 6.45) is 0. The molecule has 0 saturated carbocycles. The molecule has 0 unspecified atom stereocenters. The van der Waals surface area contributed by atoms with E-state index >= 15 is 0 Å². The van der Waals surface area contributed by atoms with E-state index in [1.54, 1.807) is 24.3 Å². The van der Waals surface area contributed by atoms with Gasteiger partial charge in [-0.3, -0.25) is 19.3 Å². The molecule has 3 aliphatic rings. The maximum Gasteiger partial charge on any atom is 0.324 e. The van der Waals surface area contributed by atoms with Crippen LogP contribution in [-0.2, 0) is 19.1 Å². The SMILES string of the molecule is O=C1OC[C@@H](c2ccccc2)N2C[C@@H]3C(=O)N(c4ccccc4)C(=O)[C@@H]3[C@H]12. The van der Waals surface area contributed by atoms with Crippen molar-refractivity contribution in [2.75, 3.05) is 18.1 Å². The molecule has 0 aromatic heterocycles. The van der Waals surface area contributed by atoms with E-state index in [0.717, 1.165) is 5.56 Å². The monoisotopic (exact) mass is 362 g/mol. The van der Waals surface area contributed by atoms with Crippen molar-refractivity contribution in [3.63, 3.8) is 0 Å². The molecule has 2 aromatic rings. The number of fused-ring (bicyclic) bond motifs is 3. The van der Waals surface area contributed by atoms with E-state index < -0.39 is 23.8 Å². The largest absolute Gasteiger partial charge is 0.462 e. The molecule has 2 aromatic carbocycles. The molecule has 5 rings (SSSR count). The highest BCUT2D eigenvalue weighted by molar-refractivity contribution is 6.23. The molecule has 3 saturated heterocycles. The molecule has 136 valence electrons. The van der Waals surface area contributed by atoms with Crippen LogP contribution in [-0.4, -0.2) is 41.9 Å². The predicted molar refractivity (Wildman–Crippen MR) is 96.6 cm³/mol. The van der Waals surface area contributed by atoms with Crippen molar-refractivity contribution in [3.8, 4) is 0 Å². The highest BCUT2D eigenvalue weighted by Gasteiger charge is 2.62. The fraction of sp³-hybridized carbons (Fsp3) is 0.286. The van der Waals surface area contributed by atoms with Crippen molar-refractivity contribution in [2.45, 2.75) is 12.1 Å². The number of carbonyl (C=O) groups excluding carboxylic acids is 3. The van der Waals surface area contributed by atoms with Crippen molar-refractivity contribution in [3.05, 3.63) is 66.2 Å². The van der Waals surface area contributed by atoms with E-state index in [1.807, 2.05) is 41.3 Å². The van der Waals surface area contributed by atoms with Crippen LogP contribution in [0.15, 0.2) is 60.7 Å². The summed E-state index contributed by atoms with van der Waals surface area (Å²) in [5.41, 5.74) is 1.58. The van der Waals surface area contributed by atoms with E-state index in [4.69, 9.17) is 4.74 Å². The third-order valence-corrected chi connectivity index (χ3v) is 5.81. The van der Waals surface area contributed by atoms with Crippen LogP contribution in [0, 0.1) is 11.8 Å². The molecule has 4 atom stereocenters. The van der Waals surface area contributed by atoms with E-state index in [9.17, 15) is 14.4 Å². The van der Waals surface area contributed by atoms with Crippen LogP contribution in [0.4, 0.5) is 5.69 Å². The number of cyclic esters (lactones) is 1. The number of benzene rings is 2. The number of hydrogen-bond donors (Lipinski definition) is 0. The van der Waals surface area contributed by atoms with Crippen LogP contribution in [0.5, 0.6) is 0 Å². The molecule has 0 spiro atoms. The number of imide groups is 1. The summed E-state index contributed by atoms with van der Waals surface area (Å²) in [5.74, 6) is -2.15. The predicted octanol–water partition coefficient (Wildman–Crippen LogP) is 1.77. The molecule has 6 nitrogen and oxygen atoms in total. The number of anilines is 1. The first-order chi connectivity index (χ1) is 13.2. The highest BCUT2D eigenvalue weighted by Crippen LogP contribution is 2.45. The van der Waals surface area contributed by atoms with Gasteiger partial charge < -0.3 is 4.74 Å². The van der Waals surface area contributed by atoms with Crippen LogP contribution in [0.2, 0.25) is 0 Å². The molecule has 3 aliphatic heterocycles. The molecule has 0 N–H and O–H groups in total. The zero-order valence-electron chi connectivity index (χ0n) is 14.5. The van der Waals surface area contributed by atoms with Gasteiger partial charge in [-0.2, -0.15) is 0 Å². The van der Waals surface area contributed by atoms with Gasteiger partial charge in [0.1, 0.15) is 12.6 Å². The topological polar surface area (TPSA) is 66.9 Å². The number of rotatable bonds is 2. The summed E-state index contributed by atoms with van der Waals surface area (Å²) in [6.45, 7) is 0.626. The molecule has 3 heterocycles. The lowest BCUT2D eigenvalue weighted by Gasteiger charge is -2.38. The maximum atomic E-state index is 13.1. The second-order valence-corrected chi connectivity index (χ2v) is 7.18. The molecule has 2 amide bonds. The normalized spacial score (nSPS) is 30.2. The first kappa shape index (κ1) is 16.2. The summed E-state index contributed by atoms with van der Waals surface area (Å²) in [4.78, 5) is 41.9. The van der Waals surface area contributed by atoms with Crippen molar-refractivity contribution in [2.24, 2.45) is 11.8 Å². The zero-order valence-corrected chi connectivity index (χ0v) is 14.5. The lowest BCUT2D eigenvalue weighted by atomic mass is 9.92. The van der Waals surface area contributed by atoms with Crippen LogP contribution in [0.3, 0.4) is 0 Å². The van der Waals surface area contributed by atoms with E-state index in [1.165, 1.54) is 4.90 Å². The van der Waals surface area contributed by atoms with Crippen LogP contribution in [0.25, 0.3) is 0 Å². The Bertz CT molecular complexity index is 914. The number of morpholine rings is 1. The van der Waals surface area contributed by atoms with Gasteiger partial charge in [0, 0.05) is 6.54 Å². The molecule has 0 bridgehead atoms. The van der Waals surface area contributed by atoms with Crippen LogP contribution in [0.1, 0.15) is 11.6 Å². The Morgan fingerprint density at radius 3 is 2.22 bits per heavy atom. The number of esters is 1. The summed E-state index contributed by atoms with van der Waals surface area (Å²) < 4.78 is 5.43. The number of hydrogen-bond acceptors (Lipinski definition) is 5. The number of para-hydroxylation sites is 1. The fourth-order valence-electron chi connectivity index (χ4n) is 4.58. The molecule has 27 heavy (non-hydrogen) atoms. The van der Waals surface area contributed by atoms with E-state index in [0.29, 0.717) is 12.2 Å². The van der Waals surface area contributed by atoms with E-state index in [2.05, 4.69) is 0 Å². The minimum atomic E-state index is -0.709. The van der Waals surface area contributed by atoms with Crippen molar-refractivity contribution < 1.29 is 19.1 Å². The molecule has 3 fully saturated rings. The van der Waals surface area contributed by atoms with Gasteiger partial charge in [-0.25, -0.2) is 4.90 Å². The number of ether oxygens (including phenoxy) is 1. The lowest BCUT2D eigenvalue weighted by molar-refractivity contribution is -0.163. The van der Waals surface area contributed by atoms with Gasteiger partial charge in [-0.05, 0) is 17.7 Å². The summed E-state index contributed by atoms with van der Waals surface area (Å²) in [7, 11) is 0. The Hall–Kier alpha value is -2.99.